The monoisotopic (exact) mass is 558 g/mol. The number of benzene rings is 3. The minimum absolute atomic E-state index is 0.256. The Hall–Kier alpha value is -3.75. The van der Waals surface area contributed by atoms with E-state index in [9.17, 15) is 9.59 Å². The zero-order valence-electron chi connectivity index (χ0n) is 21.2. The van der Waals surface area contributed by atoms with Gasteiger partial charge in [-0.25, -0.2) is 10.2 Å². The first kappa shape index (κ1) is 28.8. The summed E-state index contributed by atoms with van der Waals surface area (Å²) in [5.41, 5.74) is 3.41. The molecule has 10 heteroatoms. The molecule has 0 bridgehead atoms. The number of ether oxygens (including phenoxy) is 4. The molecule has 3 aromatic carbocycles. The number of halogens is 2. The second kappa shape index (κ2) is 14.3. The van der Waals surface area contributed by atoms with E-state index in [0.29, 0.717) is 51.6 Å². The van der Waals surface area contributed by atoms with Gasteiger partial charge in [-0.1, -0.05) is 30.1 Å². The molecule has 0 heterocycles. The first-order valence-electron chi connectivity index (χ1n) is 12.0. The largest absolute Gasteiger partial charge is 0.494 e. The molecule has 1 amide bonds. The molecule has 1 N–H and O–H groups in total. The average Bonchev–Trinajstić information content (AvgIpc) is 2.90. The Morgan fingerprint density at radius 3 is 2.37 bits per heavy atom. The molecule has 0 saturated carbocycles. The van der Waals surface area contributed by atoms with E-state index in [2.05, 4.69) is 10.5 Å². The highest BCUT2D eigenvalue weighted by Gasteiger charge is 2.16. The summed E-state index contributed by atoms with van der Waals surface area (Å²) in [5, 5.41) is 4.73. The normalized spacial score (nSPS) is 11.6. The molecule has 0 aliphatic rings. The van der Waals surface area contributed by atoms with Crippen molar-refractivity contribution in [1.82, 2.24) is 5.43 Å². The molecule has 0 aliphatic heterocycles. The van der Waals surface area contributed by atoms with Gasteiger partial charge in [-0.3, -0.25) is 4.79 Å². The third-order valence-corrected chi connectivity index (χ3v) is 5.52. The number of esters is 1. The van der Waals surface area contributed by atoms with Crippen molar-refractivity contribution >= 4 is 41.3 Å². The second-order valence-electron chi connectivity index (χ2n) is 7.97. The molecule has 0 aromatic heterocycles. The van der Waals surface area contributed by atoms with Crippen molar-refractivity contribution < 1.29 is 28.5 Å². The molecule has 0 spiro atoms. The van der Waals surface area contributed by atoms with E-state index in [1.807, 2.05) is 13.8 Å². The quantitative estimate of drug-likeness (QED) is 0.121. The maximum atomic E-state index is 12.6. The summed E-state index contributed by atoms with van der Waals surface area (Å²) >= 11 is 12.0. The molecule has 38 heavy (non-hydrogen) atoms. The number of hydrazone groups is 1. The fourth-order valence-electron chi connectivity index (χ4n) is 3.10. The van der Waals surface area contributed by atoms with Gasteiger partial charge in [0, 0.05) is 5.02 Å². The molecule has 0 radical (unpaired) electrons. The van der Waals surface area contributed by atoms with Crippen LogP contribution < -0.4 is 24.4 Å². The van der Waals surface area contributed by atoms with Crippen molar-refractivity contribution in [3.8, 4) is 23.0 Å². The highest BCUT2D eigenvalue weighted by atomic mass is 35.5. The lowest BCUT2D eigenvalue weighted by Crippen LogP contribution is -2.33. The minimum atomic E-state index is -0.862. The van der Waals surface area contributed by atoms with Crippen LogP contribution in [0.15, 0.2) is 65.8 Å². The highest BCUT2D eigenvalue weighted by Crippen LogP contribution is 2.30. The van der Waals surface area contributed by atoms with Gasteiger partial charge < -0.3 is 18.9 Å². The number of nitrogens with one attached hydrogen (secondary N) is 1. The maximum Gasteiger partial charge on any atom is 0.343 e. The van der Waals surface area contributed by atoms with Crippen molar-refractivity contribution in [2.45, 2.75) is 33.3 Å². The molecule has 3 rings (SSSR count). The topological polar surface area (TPSA) is 95.5 Å². The van der Waals surface area contributed by atoms with E-state index in [0.717, 1.165) is 6.42 Å². The number of hydrogen-bond donors (Lipinski definition) is 1. The fraction of sp³-hybridized carbons (Fsp3) is 0.250. The van der Waals surface area contributed by atoms with Gasteiger partial charge in [0.05, 0.1) is 30.0 Å². The predicted molar refractivity (Wildman–Crippen MR) is 147 cm³/mol. The Morgan fingerprint density at radius 2 is 1.68 bits per heavy atom. The summed E-state index contributed by atoms with van der Waals surface area (Å²) < 4.78 is 22.3. The van der Waals surface area contributed by atoms with Crippen LogP contribution in [0.25, 0.3) is 0 Å². The lowest BCUT2D eigenvalue weighted by Gasteiger charge is -2.14. The smallest absolute Gasteiger partial charge is 0.343 e. The van der Waals surface area contributed by atoms with Gasteiger partial charge in [-0.15, -0.1) is 0 Å². The maximum absolute atomic E-state index is 12.6. The van der Waals surface area contributed by atoms with Crippen molar-refractivity contribution in [3.63, 3.8) is 0 Å². The minimum Gasteiger partial charge on any atom is -0.494 e. The molecule has 0 fully saturated rings. The van der Waals surface area contributed by atoms with Crippen LogP contribution in [-0.2, 0) is 4.79 Å². The van der Waals surface area contributed by atoms with Crippen LogP contribution in [0.1, 0.15) is 43.1 Å². The summed E-state index contributed by atoms with van der Waals surface area (Å²) in [6, 6.07) is 16.4. The van der Waals surface area contributed by atoms with Crippen LogP contribution in [0.5, 0.6) is 23.0 Å². The van der Waals surface area contributed by atoms with Crippen molar-refractivity contribution in [2.24, 2.45) is 5.10 Å². The first-order valence-corrected chi connectivity index (χ1v) is 12.7. The highest BCUT2D eigenvalue weighted by molar-refractivity contribution is 6.35. The Balaban J connectivity index is 1.61. The standard InChI is InChI=1S/C28H28Cl2N2O6/c1-4-14-36-22-10-7-20(8-11-22)28(34)38-25-12-6-19(15-26(25)35-5-2)17-31-32-27(33)18(3)37-24-13-9-21(29)16-23(24)30/h6-13,15-18H,4-5,14H2,1-3H3,(H,32,33)/b31-17+. The summed E-state index contributed by atoms with van der Waals surface area (Å²) in [6.45, 7) is 6.36. The molecule has 8 nitrogen and oxygen atoms in total. The van der Waals surface area contributed by atoms with Gasteiger partial charge >= 0.3 is 5.97 Å². The average molecular weight is 559 g/mol. The molecule has 3 aromatic rings. The number of nitrogens with zero attached hydrogens (tertiary/aromatic N) is 1. The van der Waals surface area contributed by atoms with Gasteiger partial charge in [0.25, 0.3) is 5.91 Å². The fourth-order valence-corrected chi connectivity index (χ4v) is 3.55. The summed E-state index contributed by atoms with van der Waals surface area (Å²) in [7, 11) is 0. The van der Waals surface area contributed by atoms with Crippen LogP contribution in [0.2, 0.25) is 10.0 Å². The molecule has 1 unspecified atom stereocenters. The lowest BCUT2D eigenvalue weighted by atomic mass is 10.2. The molecule has 200 valence electrons. The van der Waals surface area contributed by atoms with Crippen LogP contribution in [0.4, 0.5) is 0 Å². The third-order valence-electron chi connectivity index (χ3n) is 4.99. The van der Waals surface area contributed by atoms with Crippen molar-refractivity contribution in [3.05, 3.63) is 81.8 Å². The zero-order chi connectivity index (χ0) is 27.5. The molecule has 1 atom stereocenters. The Kier molecular flexibility index (Phi) is 10.8. The van der Waals surface area contributed by atoms with Crippen LogP contribution in [0.3, 0.4) is 0 Å². The summed E-state index contributed by atoms with van der Waals surface area (Å²) in [4.78, 5) is 25.0. The molecule has 0 saturated heterocycles. The van der Waals surface area contributed by atoms with Gasteiger partial charge in [-0.05, 0) is 86.5 Å². The van der Waals surface area contributed by atoms with Gasteiger partial charge in [0.2, 0.25) is 0 Å². The Bertz CT molecular complexity index is 1280. The van der Waals surface area contributed by atoms with E-state index >= 15 is 0 Å². The number of amides is 1. The lowest BCUT2D eigenvalue weighted by molar-refractivity contribution is -0.127. The first-order chi connectivity index (χ1) is 18.3. The summed E-state index contributed by atoms with van der Waals surface area (Å²) in [6.07, 6.45) is 1.46. The number of hydrogen-bond acceptors (Lipinski definition) is 7. The van der Waals surface area contributed by atoms with Crippen molar-refractivity contribution in [2.75, 3.05) is 13.2 Å². The zero-order valence-corrected chi connectivity index (χ0v) is 22.7. The van der Waals surface area contributed by atoms with E-state index in [1.165, 1.54) is 12.3 Å². The number of rotatable bonds is 12. The predicted octanol–water partition coefficient (Wildman–Crippen LogP) is 6.32. The van der Waals surface area contributed by atoms with Crippen LogP contribution >= 0.6 is 23.2 Å². The van der Waals surface area contributed by atoms with Crippen LogP contribution in [0, 0.1) is 0 Å². The third kappa shape index (κ3) is 8.39. The number of carbonyl (C=O) groups excluding carboxylic acids is 2. The van der Waals surface area contributed by atoms with E-state index in [-0.39, 0.29) is 5.75 Å². The SMILES string of the molecule is CCCOc1ccc(C(=O)Oc2ccc(/C=N/NC(=O)C(C)Oc3ccc(Cl)cc3Cl)cc2OCC)cc1. The second-order valence-corrected chi connectivity index (χ2v) is 8.81. The van der Waals surface area contributed by atoms with Gasteiger partial charge in [0.1, 0.15) is 11.5 Å². The Labute approximate surface area is 231 Å². The van der Waals surface area contributed by atoms with E-state index < -0.39 is 18.0 Å². The van der Waals surface area contributed by atoms with Crippen molar-refractivity contribution in [1.29, 1.82) is 0 Å². The summed E-state index contributed by atoms with van der Waals surface area (Å²) in [5.74, 6) is 0.614. The van der Waals surface area contributed by atoms with E-state index in [1.54, 1.807) is 61.5 Å². The Morgan fingerprint density at radius 1 is 0.947 bits per heavy atom. The van der Waals surface area contributed by atoms with Gasteiger partial charge in [0.15, 0.2) is 17.6 Å². The molecule has 0 aliphatic carbocycles. The number of carbonyl (C=O) groups is 2. The van der Waals surface area contributed by atoms with Crippen LogP contribution in [-0.4, -0.2) is 37.4 Å². The molecular weight excluding hydrogens is 531 g/mol. The van der Waals surface area contributed by atoms with Gasteiger partial charge in [-0.2, -0.15) is 5.10 Å². The van der Waals surface area contributed by atoms with E-state index in [4.69, 9.17) is 42.1 Å². The molecular formula is C28H28Cl2N2O6.